The van der Waals surface area contributed by atoms with Crippen molar-refractivity contribution < 1.29 is 4.79 Å². The predicted molar refractivity (Wildman–Crippen MR) is 87.1 cm³/mol. The zero-order chi connectivity index (χ0) is 15.5. The van der Waals surface area contributed by atoms with Crippen molar-refractivity contribution in [3.63, 3.8) is 0 Å². The van der Waals surface area contributed by atoms with E-state index in [1.165, 1.54) is 24.1 Å². The normalized spacial score (nSPS) is 13.9. The standard InChI is InChI=1S/C16H22N4OS/c1-3-6-15-17-14(10-22-15)16(21)20(2)9-13-11-7-4-5-8-12(11)18-19-13/h10H,3-9H2,1-2H3,(H,18,19). The fourth-order valence-electron chi connectivity index (χ4n) is 2.91. The number of H-pyrrole nitrogens is 1. The second kappa shape index (κ2) is 6.60. The Morgan fingerprint density at radius 2 is 2.23 bits per heavy atom. The van der Waals surface area contributed by atoms with Gasteiger partial charge in [-0.15, -0.1) is 11.3 Å². The Hall–Kier alpha value is -1.69. The van der Waals surface area contributed by atoms with Crippen molar-refractivity contribution in [3.05, 3.63) is 33.0 Å². The Kier molecular flexibility index (Phi) is 4.57. The maximum Gasteiger partial charge on any atom is 0.273 e. The number of nitrogens with one attached hydrogen (secondary N) is 1. The predicted octanol–water partition coefficient (Wildman–Crippen LogP) is 2.97. The minimum absolute atomic E-state index is 0.0221. The first-order chi connectivity index (χ1) is 10.7. The number of nitrogens with zero attached hydrogens (tertiary/aromatic N) is 3. The molecule has 5 nitrogen and oxygen atoms in total. The number of rotatable bonds is 5. The number of carbonyl (C=O) groups is 1. The molecule has 0 atom stereocenters. The third-order valence-corrected chi connectivity index (χ3v) is 5.02. The Morgan fingerprint density at radius 3 is 3.05 bits per heavy atom. The molecule has 0 spiro atoms. The van der Waals surface area contributed by atoms with Crippen molar-refractivity contribution in [3.8, 4) is 0 Å². The van der Waals surface area contributed by atoms with Crippen molar-refractivity contribution >= 4 is 17.2 Å². The van der Waals surface area contributed by atoms with E-state index in [-0.39, 0.29) is 5.91 Å². The summed E-state index contributed by atoms with van der Waals surface area (Å²) in [5, 5.41) is 10.4. The fourth-order valence-corrected chi connectivity index (χ4v) is 3.78. The Morgan fingerprint density at radius 1 is 1.41 bits per heavy atom. The van der Waals surface area contributed by atoms with E-state index in [0.29, 0.717) is 12.2 Å². The van der Waals surface area contributed by atoms with Crippen molar-refractivity contribution in [2.24, 2.45) is 0 Å². The minimum Gasteiger partial charge on any atom is -0.334 e. The molecule has 1 aliphatic rings. The minimum atomic E-state index is -0.0221. The van der Waals surface area contributed by atoms with E-state index < -0.39 is 0 Å². The zero-order valence-electron chi connectivity index (χ0n) is 13.2. The summed E-state index contributed by atoms with van der Waals surface area (Å²) < 4.78 is 0. The van der Waals surface area contributed by atoms with Crippen LogP contribution in [0.4, 0.5) is 0 Å². The van der Waals surface area contributed by atoms with Gasteiger partial charge in [0.1, 0.15) is 5.69 Å². The van der Waals surface area contributed by atoms with Crippen molar-refractivity contribution in [2.75, 3.05) is 7.05 Å². The molecular formula is C16H22N4OS. The number of amides is 1. The molecule has 0 fully saturated rings. The lowest BCUT2D eigenvalue weighted by atomic mass is 9.96. The van der Waals surface area contributed by atoms with E-state index in [2.05, 4.69) is 22.1 Å². The lowest BCUT2D eigenvalue weighted by molar-refractivity contribution is 0.0778. The molecule has 6 heteroatoms. The summed E-state index contributed by atoms with van der Waals surface area (Å²) in [4.78, 5) is 18.6. The maximum atomic E-state index is 12.5. The number of hydrogen-bond donors (Lipinski definition) is 1. The largest absolute Gasteiger partial charge is 0.334 e. The van der Waals surface area contributed by atoms with E-state index in [0.717, 1.165) is 36.4 Å². The summed E-state index contributed by atoms with van der Waals surface area (Å²) in [6, 6.07) is 0. The third kappa shape index (κ3) is 3.06. The second-order valence-corrected chi connectivity index (χ2v) is 6.81. The molecule has 2 aromatic rings. The first kappa shape index (κ1) is 15.2. The number of aromatic amines is 1. The molecule has 2 heterocycles. The van der Waals surface area contributed by atoms with Gasteiger partial charge in [0.15, 0.2) is 0 Å². The molecule has 0 aromatic carbocycles. The number of fused-ring (bicyclic) bond motifs is 1. The van der Waals surface area contributed by atoms with Crippen LogP contribution in [-0.4, -0.2) is 33.0 Å². The Balaban J connectivity index is 1.69. The quantitative estimate of drug-likeness (QED) is 0.922. The summed E-state index contributed by atoms with van der Waals surface area (Å²) in [5.74, 6) is -0.0221. The van der Waals surface area contributed by atoms with Crippen LogP contribution >= 0.6 is 11.3 Å². The molecule has 0 saturated carbocycles. The van der Waals surface area contributed by atoms with E-state index in [1.807, 2.05) is 12.4 Å². The van der Waals surface area contributed by atoms with Crippen LogP contribution in [0.25, 0.3) is 0 Å². The Bertz CT molecular complexity index is 661. The molecule has 1 aliphatic carbocycles. The van der Waals surface area contributed by atoms with Gasteiger partial charge in [0.25, 0.3) is 5.91 Å². The van der Waals surface area contributed by atoms with Crippen LogP contribution < -0.4 is 0 Å². The monoisotopic (exact) mass is 318 g/mol. The topological polar surface area (TPSA) is 61.9 Å². The van der Waals surface area contributed by atoms with Gasteiger partial charge in [-0.1, -0.05) is 6.92 Å². The van der Waals surface area contributed by atoms with Gasteiger partial charge in [0.05, 0.1) is 17.2 Å². The highest BCUT2D eigenvalue weighted by atomic mass is 32.1. The van der Waals surface area contributed by atoms with Gasteiger partial charge >= 0.3 is 0 Å². The maximum absolute atomic E-state index is 12.5. The number of thiazole rings is 1. The SMILES string of the molecule is CCCc1nc(C(=O)N(C)Cc2n[nH]c3c2CCCC3)cs1. The van der Waals surface area contributed by atoms with E-state index in [9.17, 15) is 4.79 Å². The molecule has 0 bridgehead atoms. The van der Waals surface area contributed by atoms with Crippen LogP contribution in [0.5, 0.6) is 0 Å². The molecular weight excluding hydrogens is 296 g/mol. The second-order valence-electron chi connectivity index (χ2n) is 5.87. The van der Waals surface area contributed by atoms with Gasteiger partial charge in [-0.25, -0.2) is 4.98 Å². The summed E-state index contributed by atoms with van der Waals surface area (Å²) >= 11 is 1.57. The van der Waals surface area contributed by atoms with Gasteiger partial charge in [0.2, 0.25) is 0 Å². The highest BCUT2D eigenvalue weighted by Crippen LogP contribution is 2.23. The molecule has 118 valence electrons. The summed E-state index contributed by atoms with van der Waals surface area (Å²) in [6.45, 7) is 2.67. The van der Waals surface area contributed by atoms with Crippen LogP contribution in [-0.2, 0) is 25.8 Å². The van der Waals surface area contributed by atoms with Gasteiger partial charge in [-0.3, -0.25) is 9.89 Å². The molecule has 3 rings (SSSR count). The average molecular weight is 318 g/mol. The van der Waals surface area contributed by atoms with E-state index in [4.69, 9.17) is 0 Å². The number of aromatic nitrogens is 3. The van der Waals surface area contributed by atoms with Crippen molar-refractivity contribution in [1.29, 1.82) is 0 Å². The highest BCUT2D eigenvalue weighted by Gasteiger charge is 2.21. The molecule has 0 saturated heterocycles. The van der Waals surface area contributed by atoms with Crippen LogP contribution in [0.1, 0.15) is 58.6 Å². The molecule has 1 amide bonds. The van der Waals surface area contributed by atoms with Crippen LogP contribution in [0, 0.1) is 0 Å². The molecule has 0 radical (unpaired) electrons. The van der Waals surface area contributed by atoms with Crippen LogP contribution in [0.2, 0.25) is 0 Å². The highest BCUT2D eigenvalue weighted by molar-refractivity contribution is 7.09. The fraction of sp³-hybridized carbons (Fsp3) is 0.562. The van der Waals surface area contributed by atoms with E-state index >= 15 is 0 Å². The first-order valence-electron chi connectivity index (χ1n) is 7.94. The van der Waals surface area contributed by atoms with Gasteiger partial charge in [-0.05, 0) is 44.1 Å². The number of hydrogen-bond acceptors (Lipinski definition) is 4. The summed E-state index contributed by atoms with van der Waals surface area (Å²) in [7, 11) is 1.82. The van der Waals surface area contributed by atoms with Gasteiger partial charge in [0, 0.05) is 18.1 Å². The van der Waals surface area contributed by atoms with Crippen molar-refractivity contribution in [1.82, 2.24) is 20.1 Å². The lowest BCUT2D eigenvalue weighted by Crippen LogP contribution is -2.27. The zero-order valence-corrected chi connectivity index (χ0v) is 14.0. The summed E-state index contributed by atoms with van der Waals surface area (Å²) in [6.07, 6.45) is 6.57. The molecule has 1 N–H and O–H groups in total. The van der Waals surface area contributed by atoms with E-state index in [1.54, 1.807) is 16.2 Å². The Labute approximate surface area is 134 Å². The smallest absolute Gasteiger partial charge is 0.273 e. The molecule has 22 heavy (non-hydrogen) atoms. The van der Waals surface area contributed by atoms with Crippen LogP contribution in [0.3, 0.4) is 0 Å². The first-order valence-corrected chi connectivity index (χ1v) is 8.82. The van der Waals surface area contributed by atoms with Crippen molar-refractivity contribution in [2.45, 2.75) is 52.0 Å². The molecule has 2 aromatic heterocycles. The third-order valence-electron chi connectivity index (χ3n) is 4.11. The lowest BCUT2D eigenvalue weighted by Gasteiger charge is -2.17. The summed E-state index contributed by atoms with van der Waals surface area (Å²) in [5.41, 5.74) is 4.13. The van der Waals surface area contributed by atoms with Gasteiger partial charge < -0.3 is 4.90 Å². The number of carbonyl (C=O) groups excluding carboxylic acids is 1. The number of aryl methyl sites for hydroxylation is 2. The van der Waals surface area contributed by atoms with Gasteiger partial charge in [-0.2, -0.15) is 5.10 Å². The van der Waals surface area contributed by atoms with Crippen LogP contribution in [0.15, 0.2) is 5.38 Å². The average Bonchev–Trinajstić information content (AvgIpc) is 3.15. The molecule has 0 aliphatic heterocycles. The molecule has 0 unspecified atom stereocenters.